The van der Waals surface area contributed by atoms with Gasteiger partial charge in [-0.1, -0.05) is 158 Å². The molecule has 0 aliphatic heterocycles. The Morgan fingerprint density at radius 2 is 0.625 bits per heavy atom. The van der Waals surface area contributed by atoms with Crippen LogP contribution in [0.5, 0.6) is 0 Å². The minimum atomic E-state index is 0.673. The van der Waals surface area contributed by atoms with Crippen LogP contribution in [0.1, 0.15) is 85.5 Å². The van der Waals surface area contributed by atoms with Crippen molar-refractivity contribution in [1.29, 1.82) is 0 Å². The lowest BCUT2D eigenvalue weighted by Gasteiger charge is -2.28. The molecule has 0 N–H and O–H groups in total. The van der Waals surface area contributed by atoms with Crippen LogP contribution in [0.4, 0.5) is 34.1 Å². The number of hydrogen-bond donors (Lipinski definition) is 0. The first-order valence-corrected chi connectivity index (χ1v) is 23.6. The van der Waals surface area contributed by atoms with E-state index in [9.17, 15) is 0 Å². The predicted octanol–water partition coefficient (Wildman–Crippen LogP) is 18.2. The van der Waals surface area contributed by atoms with Crippen LogP contribution >= 0.6 is 0 Å². The fourth-order valence-corrected chi connectivity index (χ4v) is 10.9. The van der Waals surface area contributed by atoms with Crippen molar-refractivity contribution in [3.05, 3.63) is 216 Å². The summed E-state index contributed by atoms with van der Waals surface area (Å²) >= 11 is 0. The van der Waals surface area contributed by atoms with Crippen molar-refractivity contribution >= 4 is 55.7 Å². The summed E-state index contributed by atoms with van der Waals surface area (Å²) < 4.78 is 0. The Bertz CT molecular complexity index is 2820. The summed E-state index contributed by atoms with van der Waals surface area (Å²) in [6.45, 7) is 4.34. The molecule has 0 unspecified atom stereocenters. The van der Waals surface area contributed by atoms with Gasteiger partial charge in [-0.25, -0.2) is 0 Å². The minimum Gasteiger partial charge on any atom is -0.310 e. The number of aryl methyl sites for hydroxylation is 2. The average Bonchev–Trinajstić information content (AvgIpc) is 4.10. The van der Waals surface area contributed by atoms with Crippen molar-refractivity contribution < 1.29 is 0 Å². The molecule has 0 saturated heterocycles. The maximum absolute atomic E-state index is 2.45. The van der Waals surface area contributed by atoms with Gasteiger partial charge in [0.1, 0.15) is 0 Å². The molecule has 314 valence electrons. The summed E-state index contributed by atoms with van der Waals surface area (Å²) in [5.41, 5.74) is 17.3. The van der Waals surface area contributed by atoms with Crippen molar-refractivity contribution in [2.45, 2.75) is 77.0 Å². The zero-order chi connectivity index (χ0) is 43.0. The SMILES string of the molecule is Cc1ccc(N(c2ccc(C3CCCC3)cc2)c2ccc3c(-c4ccccc4)c4cc(N(c5ccc(C)cc5)c5ccc(C6CCCC6)cc5)ccc4c(-c4ccccc4)c3c2)cc1. The molecule has 2 aliphatic rings. The van der Waals surface area contributed by atoms with Crippen LogP contribution in [0, 0.1) is 13.8 Å². The first kappa shape index (κ1) is 39.9. The van der Waals surface area contributed by atoms with E-state index >= 15 is 0 Å². The number of benzene rings is 9. The maximum Gasteiger partial charge on any atom is 0.0468 e. The van der Waals surface area contributed by atoms with Crippen LogP contribution in [0.15, 0.2) is 194 Å². The van der Waals surface area contributed by atoms with Gasteiger partial charge in [0.2, 0.25) is 0 Å². The summed E-state index contributed by atoms with van der Waals surface area (Å²) in [5.74, 6) is 1.35. The summed E-state index contributed by atoms with van der Waals surface area (Å²) in [7, 11) is 0. The Hall–Kier alpha value is -6.90. The second-order valence-corrected chi connectivity index (χ2v) is 18.4. The molecule has 0 heterocycles. The second kappa shape index (κ2) is 17.3. The molecule has 0 atom stereocenters. The lowest BCUT2D eigenvalue weighted by Crippen LogP contribution is -2.11. The molecule has 2 heteroatoms. The molecule has 11 rings (SSSR count). The molecule has 2 saturated carbocycles. The van der Waals surface area contributed by atoms with Crippen molar-refractivity contribution in [2.75, 3.05) is 9.80 Å². The second-order valence-electron chi connectivity index (χ2n) is 18.4. The van der Waals surface area contributed by atoms with Crippen LogP contribution in [-0.4, -0.2) is 0 Å². The van der Waals surface area contributed by atoms with Crippen molar-refractivity contribution in [3.8, 4) is 22.3 Å². The molecule has 0 spiro atoms. The minimum absolute atomic E-state index is 0.673. The van der Waals surface area contributed by atoms with Gasteiger partial charge in [-0.05, 0) is 179 Å². The fourth-order valence-electron chi connectivity index (χ4n) is 10.9. The van der Waals surface area contributed by atoms with E-state index in [0.29, 0.717) is 11.8 Å². The van der Waals surface area contributed by atoms with E-state index in [1.54, 1.807) is 0 Å². The highest BCUT2D eigenvalue weighted by Gasteiger charge is 2.24. The number of nitrogens with zero attached hydrogens (tertiary/aromatic N) is 2. The quantitative estimate of drug-likeness (QED) is 0.127. The number of hydrogen-bond acceptors (Lipinski definition) is 2. The Balaban J connectivity index is 1.14. The molecular weight excluding hydrogens is 773 g/mol. The number of anilines is 6. The molecule has 2 fully saturated rings. The zero-order valence-electron chi connectivity index (χ0n) is 37.2. The fraction of sp³-hybridized carbons (Fsp3) is 0.194. The van der Waals surface area contributed by atoms with Gasteiger partial charge in [0.05, 0.1) is 0 Å². The molecule has 2 nitrogen and oxygen atoms in total. The highest BCUT2D eigenvalue weighted by molar-refractivity contribution is 6.22. The van der Waals surface area contributed by atoms with Gasteiger partial charge in [0, 0.05) is 34.1 Å². The summed E-state index contributed by atoms with van der Waals surface area (Å²) in [5, 5.41) is 4.95. The lowest BCUT2D eigenvalue weighted by atomic mass is 9.85. The van der Waals surface area contributed by atoms with E-state index in [0.717, 1.165) is 22.7 Å². The average molecular weight is 829 g/mol. The summed E-state index contributed by atoms with van der Waals surface area (Å²) in [6, 6.07) is 73.3. The normalized spacial score (nSPS) is 14.4. The van der Waals surface area contributed by atoms with Gasteiger partial charge in [0.15, 0.2) is 0 Å². The van der Waals surface area contributed by atoms with E-state index in [2.05, 4.69) is 218 Å². The number of rotatable bonds is 10. The van der Waals surface area contributed by atoms with E-state index in [1.807, 2.05) is 0 Å². The molecular formula is C62H56N2. The van der Waals surface area contributed by atoms with Gasteiger partial charge < -0.3 is 9.80 Å². The van der Waals surface area contributed by atoms with Crippen LogP contribution in [0.3, 0.4) is 0 Å². The number of fused-ring (bicyclic) bond motifs is 2. The maximum atomic E-state index is 2.45. The highest BCUT2D eigenvalue weighted by atomic mass is 15.1. The molecule has 2 aliphatic carbocycles. The van der Waals surface area contributed by atoms with Gasteiger partial charge >= 0.3 is 0 Å². The molecule has 9 aromatic carbocycles. The third-order valence-electron chi connectivity index (χ3n) is 14.3. The van der Waals surface area contributed by atoms with Crippen LogP contribution < -0.4 is 9.80 Å². The van der Waals surface area contributed by atoms with Crippen LogP contribution in [0.2, 0.25) is 0 Å². The Morgan fingerprint density at radius 1 is 0.312 bits per heavy atom. The first-order valence-electron chi connectivity index (χ1n) is 23.6. The molecule has 64 heavy (non-hydrogen) atoms. The van der Waals surface area contributed by atoms with Gasteiger partial charge in [0.25, 0.3) is 0 Å². The zero-order valence-corrected chi connectivity index (χ0v) is 37.2. The standard InChI is InChI=1S/C62H56N2/c1-43-21-29-51(30-22-43)63(53-33-25-47(26-34-53)45-13-9-10-14-45)55-37-39-57-59(41-55)61(49-17-5-3-6-18-49)58-40-38-56(42-60(58)62(57)50-19-7-4-8-20-50)64(52-31-23-44(2)24-32-52)54-35-27-48(28-36-54)46-15-11-12-16-46/h3-8,17-42,45-46H,9-16H2,1-2H3. The Labute approximate surface area is 379 Å². The van der Waals surface area contributed by atoms with Crippen LogP contribution in [-0.2, 0) is 0 Å². The van der Waals surface area contributed by atoms with E-state index in [1.165, 1.54) is 129 Å². The van der Waals surface area contributed by atoms with Gasteiger partial charge in [-0.15, -0.1) is 0 Å². The smallest absolute Gasteiger partial charge is 0.0468 e. The van der Waals surface area contributed by atoms with Gasteiger partial charge in [-0.2, -0.15) is 0 Å². The topological polar surface area (TPSA) is 6.48 Å². The summed E-state index contributed by atoms with van der Waals surface area (Å²) in [4.78, 5) is 4.89. The molecule has 0 amide bonds. The van der Waals surface area contributed by atoms with Gasteiger partial charge in [-0.3, -0.25) is 0 Å². The summed E-state index contributed by atoms with van der Waals surface area (Å²) in [6.07, 6.45) is 10.5. The molecule has 0 aromatic heterocycles. The third-order valence-corrected chi connectivity index (χ3v) is 14.3. The van der Waals surface area contributed by atoms with Crippen molar-refractivity contribution in [3.63, 3.8) is 0 Å². The Kier molecular flexibility index (Phi) is 10.8. The third kappa shape index (κ3) is 7.66. The van der Waals surface area contributed by atoms with Crippen molar-refractivity contribution in [2.24, 2.45) is 0 Å². The van der Waals surface area contributed by atoms with E-state index < -0.39 is 0 Å². The highest BCUT2D eigenvalue weighted by Crippen LogP contribution is 2.49. The largest absolute Gasteiger partial charge is 0.310 e. The molecule has 0 radical (unpaired) electrons. The molecule has 9 aromatic rings. The first-order chi connectivity index (χ1) is 31.6. The van der Waals surface area contributed by atoms with E-state index in [4.69, 9.17) is 0 Å². The Morgan fingerprint density at radius 3 is 0.969 bits per heavy atom. The predicted molar refractivity (Wildman–Crippen MR) is 274 cm³/mol. The monoisotopic (exact) mass is 828 g/mol. The lowest BCUT2D eigenvalue weighted by molar-refractivity contribution is 0.723. The van der Waals surface area contributed by atoms with E-state index in [-0.39, 0.29) is 0 Å². The van der Waals surface area contributed by atoms with Crippen molar-refractivity contribution in [1.82, 2.24) is 0 Å². The van der Waals surface area contributed by atoms with Crippen LogP contribution in [0.25, 0.3) is 43.8 Å². The molecule has 0 bridgehead atoms.